The molecule has 1 rings (SSSR count). The van der Waals surface area contributed by atoms with E-state index in [1.807, 2.05) is 0 Å². The summed E-state index contributed by atoms with van der Waals surface area (Å²) in [5.41, 5.74) is 2.29. The Balaban J connectivity index is 2.57. The maximum absolute atomic E-state index is 10.3. The summed E-state index contributed by atoms with van der Waals surface area (Å²) in [6, 6.07) is 0. The summed E-state index contributed by atoms with van der Waals surface area (Å²) in [5, 5.41) is 2.51. The Kier molecular flexibility index (Phi) is 1.13. The second-order valence-corrected chi connectivity index (χ2v) is 1.43. The number of amides is 1. The zero-order chi connectivity index (χ0) is 5.98. The average Bonchev–Trinajstić information content (AvgIpc) is 2.14. The number of carbonyl (C=O) groups is 1. The predicted octanol–water partition coefficient (Wildman–Crippen LogP) is -2.46. The van der Waals surface area contributed by atoms with E-state index in [0.717, 1.165) is 0 Å². The Hall–Kier alpha value is -1.10. The van der Waals surface area contributed by atoms with Gasteiger partial charge < -0.3 is 0 Å². The molecule has 0 unspecified atom stereocenters. The predicted molar refractivity (Wildman–Crippen MR) is 26.7 cm³/mol. The maximum Gasteiger partial charge on any atom is 0.315 e. The highest BCUT2D eigenvalue weighted by atomic mass is 16.2. The van der Waals surface area contributed by atoms with Crippen molar-refractivity contribution in [3.8, 4) is 0 Å². The van der Waals surface area contributed by atoms with Crippen LogP contribution in [0.4, 0.5) is 0 Å². The molecule has 0 aliphatic carbocycles. The smallest absolute Gasteiger partial charge is 0.290 e. The summed E-state index contributed by atoms with van der Waals surface area (Å²) in [5.74, 6) is 4.83. The van der Waals surface area contributed by atoms with Gasteiger partial charge in [-0.25, -0.2) is 5.84 Å². The minimum atomic E-state index is -0.122. The molecule has 0 aromatic heterocycles. The number of rotatable bonds is 1. The lowest BCUT2D eigenvalue weighted by Crippen LogP contribution is -2.35. The summed E-state index contributed by atoms with van der Waals surface area (Å²) in [7, 11) is 0. The zero-order valence-electron chi connectivity index (χ0n) is 4.22. The van der Waals surface area contributed by atoms with Gasteiger partial charge in [-0.15, -0.1) is 5.53 Å². The van der Waals surface area contributed by atoms with E-state index in [4.69, 9.17) is 5.84 Å². The summed E-state index contributed by atoms with van der Waals surface area (Å²) in [6.45, 7) is 0.440. The number of hydrogen-bond donors (Lipinski definition) is 3. The number of carbonyl (C=O) groups excluding carboxylic acids is 1. The molecule has 0 aromatic carbocycles. The minimum Gasteiger partial charge on any atom is -0.290 e. The van der Waals surface area contributed by atoms with Crippen molar-refractivity contribution in [1.82, 2.24) is 10.9 Å². The van der Waals surface area contributed by atoms with E-state index in [9.17, 15) is 4.79 Å². The number of hydrazone groups is 1. The lowest BCUT2D eigenvalue weighted by molar-refractivity contribution is -0.581. The molecular formula is C3H7N4O+. The molecule has 0 spiro atoms. The number of hydrogen-bond acceptors (Lipinski definition) is 3. The Labute approximate surface area is 46.1 Å². The van der Waals surface area contributed by atoms with Gasteiger partial charge in [0.1, 0.15) is 0 Å². The largest absolute Gasteiger partial charge is 0.315 e. The van der Waals surface area contributed by atoms with Crippen molar-refractivity contribution >= 4 is 12.1 Å². The molecule has 0 atom stereocenters. The molecule has 44 valence electrons. The highest BCUT2D eigenvalue weighted by Crippen LogP contribution is 1.70. The molecule has 0 saturated heterocycles. The van der Waals surface area contributed by atoms with Gasteiger partial charge in [-0.05, 0) is 0 Å². The van der Waals surface area contributed by atoms with E-state index in [0.29, 0.717) is 6.67 Å². The lowest BCUT2D eigenvalue weighted by Gasteiger charge is -1.87. The molecule has 1 amide bonds. The fourth-order valence-corrected chi connectivity index (χ4v) is 0.479. The maximum atomic E-state index is 10.3. The fourth-order valence-electron chi connectivity index (χ4n) is 0.479. The van der Waals surface area contributed by atoms with Gasteiger partial charge in [-0.2, -0.15) is 0 Å². The Morgan fingerprint density at radius 1 is 2.00 bits per heavy atom. The van der Waals surface area contributed by atoms with Gasteiger partial charge in [0.05, 0.1) is 0 Å². The number of hydrazine groups is 2. The van der Waals surface area contributed by atoms with Crippen molar-refractivity contribution < 1.29 is 9.48 Å². The fraction of sp³-hybridized carbons (Fsp3) is 0.333. The van der Waals surface area contributed by atoms with Gasteiger partial charge in [0.25, 0.3) is 6.21 Å². The van der Waals surface area contributed by atoms with Crippen molar-refractivity contribution in [2.24, 2.45) is 5.84 Å². The van der Waals surface area contributed by atoms with E-state index < -0.39 is 0 Å². The Bertz CT molecular complexity index is 140. The van der Waals surface area contributed by atoms with E-state index in [-0.39, 0.29) is 5.91 Å². The van der Waals surface area contributed by atoms with Crippen LogP contribution in [0.25, 0.3) is 0 Å². The number of nitrogens with zero attached hydrogens (tertiary/aromatic N) is 1. The molecule has 0 radical (unpaired) electrons. The van der Waals surface area contributed by atoms with Crippen LogP contribution in [0.5, 0.6) is 0 Å². The van der Waals surface area contributed by atoms with Crippen LogP contribution < -0.4 is 16.7 Å². The van der Waals surface area contributed by atoms with Gasteiger partial charge in [-0.3, -0.25) is 10.1 Å². The first-order valence-corrected chi connectivity index (χ1v) is 2.18. The van der Waals surface area contributed by atoms with Gasteiger partial charge in [0, 0.05) is 0 Å². The lowest BCUT2D eigenvalue weighted by atomic mass is 10.7. The molecule has 0 saturated carbocycles. The van der Waals surface area contributed by atoms with E-state index in [1.54, 1.807) is 0 Å². The Morgan fingerprint density at radius 3 is 3.00 bits per heavy atom. The second kappa shape index (κ2) is 1.79. The summed E-state index contributed by atoms with van der Waals surface area (Å²) in [4.78, 5) is 10.3. The summed E-state index contributed by atoms with van der Waals surface area (Å²) < 4.78 is 1.45. The topological polar surface area (TPSA) is 70.2 Å². The summed E-state index contributed by atoms with van der Waals surface area (Å²) in [6.07, 6.45) is 1.35. The molecule has 5 heteroatoms. The molecule has 5 nitrogen and oxygen atoms in total. The molecule has 0 fully saturated rings. The summed E-state index contributed by atoms with van der Waals surface area (Å²) >= 11 is 0. The quantitative estimate of drug-likeness (QED) is 0.201. The average molecular weight is 115 g/mol. The molecule has 1 aliphatic heterocycles. The van der Waals surface area contributed by atoms with Crippen LogP contribution >= 0.6 is 0 Å². The van der Waals surface area contributed by atoms with Crippen LogP contribution in [0, 0.1) is 0 Å². The molecule has 1 heterocycles. The third-order valence-corrected chi connectivity index (χ3v) is 0.863. The van der Waals surface area contributed by atoms with Crippen LogP contribution in [-0.4, -0.2) is 23.5 Å². The molecule has 8 heavy (non-hydrogen) atoms. The van der Waals surface area contributed by atoms with Gasteiger partial charge in [-0.1, -0.05) is 4.68 Å². The number of nitrogens with one attached hydrogen (secondary N) is 2. The third kappa shape index (κ3) is 0.760. The van der Waals surface area contributed by atoms with Crippen molar-refractivity contribution in [2.45, 2.75) is 0 Å². The van der Waals surface area contributed by atoms with Crippen LogP contribution in [0.1, 0.15) is 0 Å². The molecule has 0 aromatic rings. The van der Waals surface area contributed by atoms with Crippen molar-refractivity contribution in [3.63, 3.8) is 0 Å². The van der Waals surface area contributed by atoms with Crippen LogP contribution in [0.2, 0.25) is 0 Å². The van der Waals surface area contributed by atoms with E-state index in [1.165, 1.54) is 10.9 Å². The molecule has 0 bridgehead atoms. The van der Waals surface area contributed by atoms with Crippen LogP contribution in [-0.2, 0) is 4.79 Å². The third-order valence-electron chi connectivity index (χ3n) is 0.863. The highest BCUT2D eigenvalue weighted by molar-refractivity contribution is 6.24. The second-order valence-electron chi connectivity index (χ2n) is 1.43. The first-order chi connectivity index (χ1) is 3.83. The normalized spacial score (nSPS) is 17.6. The standard InChI is InChI=1S/C3H6N4O/c4-6-7-1-3(8)5-2-7/h1,4-5,8H,2H2/p+1. The minimum absolute atomic E-state index is 0.122. The van der Waals surface area contributed by atoms with Crippen LogP contribution in [0.3, 0.4) is 0 Å². The SMILES string of the molecule is NN[N+]1=CC(=O)NC1. The zero-order valence-corrected chi connectivity index (χ0v) is 4.22. The first kappa shape index (κ1) is 5.04. The molecular weight excluding hydrogens is 108 g/mol. The molecule has 1 aliphatic rings. The van der Waals surface area contributed by atoms with Crippen LogP contribution in [0.15, 0.2) is 0 Å². The van der Waals surface area contributed by atoms with Crippen molar-refractivity contribution in [1.29, 1.82) is 0 Å². The molecule has 4 N–H and O–H groups in total. The van der Waals surface area contributed by atoms with E-state index in [2.05, 4.69) is 10.9 Å². The van der Waals surface area contributed by atoms with Gasteiger partial charge in [0.2, 0.25) is 6.67 Å². The monoisotopic (exact) mass is 115 g/mol. The Morgan fingerprint density at radius 2 is 2.75 bits per heavy atom. The van der Waals surface area contributed by atoms with Gasteiger partial charge >= 0.3 is 5.91 Å². The van der Waals surface area contributed by atoms with Gasteiger partial charge in [0.15, 0.2) is 0 Å². The number of nitrogens with two attached hydrogens (primary N) is 1. The first-order valence-electron chi connectivity index (χ1n) is 2.18. The van der Waals surface area contributed by atoms with Crippen molar-refractivity contribution in [2.75, 3.05) is 6.67 Å². The van der Waals surface area contributed by atoms with E-state index >= 15 is 0 Å². The highest BCUT2D eigenvalue weighted by Gasteiger charge is 2.15. The van der Waals surface area contributed by atoms with Crippen molar-refractivity contribution in [3.05, 3.63) is 0 Å².